The third-order valence-electron chi connectivity index (χ3n) is 5.32. The van der Waals surface area contributed by atoms with Crippen molar-refractivity contribution in [2.75, 3.05) is 19.6 Å². The van der Waals surface area contributed by atoms with Crippen molar-refractivity contribution >= 4 is 16.8 Å². The molecule has 1 amide bonds. The number of rotatable bonds is 6. The summed E-state index contributed by atoms with van der Waals surface area (Å²) in [6, 6.07) is 18.5. The van der Waals surface area contributed by atoms with Crippen LogP contribution in [-0.4, -0.2) is 40.6 Å². The number of hydrogen-bond donors (Lipinski definition) is 2. The highest BCUT2D eigenvalue weighted by Gasteiger charge is 2.20. The van der Waals surface area contributed by atoms with E-state index in [1.165, 1.54) is 18.4 Å². The van der Waals surface area contributed by atoms with Crippen molar-refractivity contribution in [3.63, 3.8) is 0 Å². The fourth-order valence-electron chi connectivity index (χ4n) is 3.93. The fourth-order valence-corrected chi connectivity index (χ4v) is 3.93. The minimum Gasteiger partial charge on any atom is -0.355 e. The first-order valence-corrected chi connectivity index (χ1v) is 9.73. The number of carbonyl (C=O) groups is 1. The van der Waals surface area contributed by atoms with Gasteiger partial charge in [0.2, 0.25) is 5.91 Å². The molecular weight excluding hydrogens is 336 g/mol. The first-order valence-electron chi connectivity index (χ1n) is 9.73. The molecule has 5 nitrogen and oxygen atoms in total. The van der Waals surface area contributed by atoms with E-state index in [1.54, 1.807) is 0 Å². The molecule has 4 rings (SSSR count). The van der Waals surface area contributed by atoms with Gasteiger partial charge >= 0.3 is 0 Å². The molecule has 1 aromatic heterocycles. The lowest BCUT2D eigenvalue weighted by atomic mass is 9.97. The van der Waals surface area contributed by atoms with Crippen molar-refractivity contribution in [1.29, 1.82) is 0 Å². The van der Waals surface area contributed by atoms with Gasteiger partial charge in [0.25, 0.3) is 0 Å². The van der Waals surface area contributed by atoms with Gasteiger partial charge < -0.3 is 5.32 Å². The number of likely N-dealkylation sites (tertiary alicyclic amines) is 1. The van der Waals surface area contributed by atoms with Crippen LogP contribution >= 0.6 is 0 Å². The molecule has 2 N–H and O–H groups in total. The Labute approximate surface area is 159 Å². The number of amides is 1. The van der Waals surface area contributed by atoms with Crippen LogP contribution in [0.2, 0.25) is 0 Å². The van der Waals surface area contributed by atoms with Gasteiger partial charge in [-0.2, -0.15) is 5.10 Å². The maximum absolute atomic E-state index is 12.4. The molecule has 0 aliphatic carbocycles. The number of aromatic nitrogens is 2. The summed E-state index contributed by atoms with van der Waals surface area (Å²) >= 11 is 0. The zero-order valence-corrected chi connectivity index (χ0v) is 15.5. The molecule has 27 heavy (non-hydrogen) atoms. The third kappa shape index (κ3) is 4.55. The van der Waals surface area contributed by atoms with E-state index in [2.05, 4.69) is 50.7 Å². The molecule has 1 aliphatic rings. The summed E-state index contributed by atoms with van der Waals surface area (Å²) in [4.78, 5) is 14.9. The number of nitrogens with zero attached hydrogens (tertiary/aromatic N) is 2. The van der Waals surface area contributed by atoms with E-state index >= 15 is 0 Å². The van der Waals surface area contributed by atoms with E-state index in [1.807, 2.05) is 24.3 Å². The number of carbonyl (C=O) groups excluding carboxylic acids is 1. The van der Waals surface area contributed by atoms with Crippen LogP contribution in [0.5, 0.6) is 0 Å². The standard InChI is InChI=1S/C22H26N4O/c27-22(13-21-19-10-4-5-11-20(19)24-25-21)23-14-18-9-6-12-26(16-18)15-17-7-2-1-3-8-17/h1-5,7-8,10-11,18H,6,9,12-16H2,(H,23,27)(H,24,25)/t18-/m0/s1. The largest absolute Gasteiger partial charge is 0.355 e. The van der Waals surface area contributed by atoms with E-state index < -0.39 is 0 Å². The summed E-state index contributed by atoms with van der Waals surface area (Å²) in [6.07, 6.45) is 2.72. The Kier molecular flexibility index (Phi) is 5.49. The van der Waals surface area contributed by atoms with Gasteiger partial charge in [-0.05, 0) is 36.9 Å². The molecule has 140 valence electrons. The first-order chi connectivity index (χ1) is 13.3. The number of hydrogen-bond acceptors (Lipinski definition) is 3. The topological polar surface area (TPSA) is 61.0 Å². The molecule has 5 heteroatoms. The number of fused-ring (bicyclic) bond motifs is 1. The Balaban J connectivity index is 1.27. The second kappa shape index (κ2) is 8.35. The highest BCUT2D eigenvalue weighted by atomic mass is 16.1. The molecule has 0 spiro atoms. The molecule has 0 bridgehead atoms. The number of benzene rings is 2. The SMILES string of the molecule is O=C(Cc1[nH]nc2ccccc12)NC[C@@H]1CCCN(Cc2ccccc2)C1. The van der Waals surface area contributed by atoms with E-state index in [0.717, 1.165) is 42.8 Å². The normalized spacial score (nSPS) is 17.9. The number of nitrogens with one attached hydrogen (secondary N) is 2. The Bertz CT molecular complexity index is 889. The van der Waals surface area contributed by atoms with Gasteiger partial charge in [-0.15, -0.1) is 0 Å². The second-order valence-corrected chi connectivity index (χ2v) is 7.43. The summed E-state index contributed by atoms with van der Waals surface area (Å²) in [7, 11) is 0. The highest BCUT2D eigenvalue weighted by Crippen LogP contribution is 2.19. The Morgan fingerprint density at radius 2 is 1.96 bits per heavy atom. The molecule has 1 fully saturated rings. The maximum Gasteiger partial charge on any atom is 0.226 e. The van der Waals surface area contributed by atoms with Crippen LogP contribution < -0.4 is 5.32 Å². The maximum atomic E-state index is 12.4. The minimum atomic E-state index is 0.0598. The molecular formula is C22H26N4O. The van der Waals surface area contributed by atoms with Crippen molar-refractivity contribution in [3.8, 4) is 0 Å². The number of aromatic amines is 1. The lowest BCUT2D eigenvalue weighted by Crippen LogP contribution is -2.40. The monoisotopic (exact) mass is 362 g/mol. The van der Waals surface area contributed by atoms with Crippen LogP contribution in [0.4, 0.5) is 0 Å². The predicted octanol–water partition coefficient (Wildman–Crippen LogP) is 3.13. The molecule has 2 aromatic carbocycles. The van der Waals surface area contributed by atoms with Gasteiger partial charge in [0.1, 0.15) is 0 Å². The Morgan fingerprint density at radius 3 is 2.85 bits per heavy atom. The summed E-state index contributed by atoms with van der Waals surface area (Å²) < 4.78 is 0. The molecule has 1 saturated heterocycles. The third-order valence-corrected chi connectivity index (χ3v) is 5.32. The van der Waals surface area contributed by atoms with E-state index in [0.29, 0.717) is 12.3 Å². The average Bonchev–Trinajstić information content (AvgIpc) is 3.10. The zero-order chi connectivity index (χ0) is 18.5. The highest BCUT2D eigenvalue weighted by molar-refractivity contribution is 5.87. The molecule has 2 heterocycles. The van der Waals surface area contributed by atoms with Crippen molar-refractivity contribution in [1.82, 2.24) is 20.4 Å². The average molecular weight is 362 g/mol. The van der Waals surface area contributed by atoms with Crippen LogP contribution in [0.25, 0.3) is 10.9 Å². The van der Waals surface area contributed by atoms with Gasteiger partial charge in [-0.25, -0.2) is 0 Å². The quantitative estimate of drug-likeness (QED) is 0.708. The van der Waals surface area contributed by atoms with Crippen LogP contribution in [-0.2, 0) is 17.8 Å². The van der Waals surface area contributed by atoms with Crippen LogP contribution in [0.1, 0.15) is 24.1 Å². The van der Waals surface area contributed by atoms with Gasteiger partial charge in [-0.3, -0.25) is 14.8 Å². The number of piperidine rings is 1. The van der Waals surface area contributed by atoms with Gasteiger partial charge in [0.15, 0.2) is 0 Å². The van der Waals surface area contributed by atoms with Crippen molar-refractivity contribution in [2.24, 2.45) is 5.92 Å². The number of H-pyrrole nitrogens is 1. The Hall–Kier alpha value is -2.66. The zero-order valence-electron chi connectivity index (χ0n) is 15.5. The van der Waals surface area contributed by atoms with Gasteiger partial charge in [0, 0.05) is 25.0 Å². The van der Waals surface area contributed by atoms with E-state index in [4.69, 9.17) is 0 Å². The Morgan fingerprint density at radius 1 is 1.15 bits per heavy atom. The first kappa shape index (κ1) is 17.7. The summed E-state index contributed by atoms with van der Waals surface area (Å²) in [5.74, 6) is 0.578. The van der Waals surface area contributed by atoms with Crippen molar-refractivity contribution < 1.29 is 4.79 Å². The molecule has 3 aromatic rings. The van der Waals surface area contributed by atoms with Gasteiger partial charge in [0.05, 0.1) is 17.6 Å². The molecule has 0 unspecified atom stereocenters. The van der Waals surface area contributed by atoms with Crippen molar-refractivity contribution in [2.45, 2.75) is 25.8 Å². The summed E-state index contributed by atoms with van der Waals surface area (Å²) in [6.45, 7) is 3.92. The van der Waals surface area contributed by atoms with Crippen LogP contribution in [0.3, 0.4) is 0 Å². The van der Waals surface area contributed by atoms with Crippen LogP contribution in [0, 0.1) is 5.92 Å². The lowest BCUT2D eigenvalue weighted by molar-refractivity contribution is -0.120. The molecule has 1 atom stereocenters. The van der Waals surface area contributed by atoms with Crippen molar-refractivity contribution in [3.05, 3.63) is 65.9 Å². The lowest BCUT2D eigenvalue weighted by Gasteiger charge is -2.32. The minimum absolute atomic E-state index is 0.0598. The van der Waals surface area contributed by atoms with Gasteiger partial charge in [-0.1, -0.05) is 48.5 Å². The molecule has 0 radical (unpaired) electrons. The summed E-state index contributed by atoms with van der Waals surface area (Å²) in [5, 5.41) is 11.4. The fraction of sp³-hybridized carbons (Fsp3) is 0.364. The number of para-hydroxylation sites is 1. The summed E-state index contributed by atoms with van der Waals surface area (Å²) in [5.41, 5.74) is 3.15. The molecule has 1 aliphatic heterocycles. The van der Waals surface area contributed by atoms with Crippen LogP contribution in [0.15, 0.2) is 54.6 Å². The second-order valence-electron chi connectivity index (χ2n) is 7.43. The van der Waals surface area contributed by atoms with E-state index in [-0.39, 0.29) is 5.91 Å². The van der Waals surface area contributed by atoms with E-state index in [9.17, 15) is 4.79 Å². The molecule has 0 saturated carbocycles. The smallest absolute Gasteiger partial charge is 0.226 e. The predicted molar refractivity (Wildman–Crippen MR) is 107 cm³/mol.